The summed E-state index contributed by atoms with van der Waals surface area (Å²) in [6.45, 7) is 2.65. The second-order valence-corrected chi connectivity index (χ2v) is 5.21. The Bertz CT molecular complexity index is 547. The van der Waals surface area contributed by atoms with Gasteiger partial charge in [0.15, 0.2) is 0 Å². The molecule has 0 aromatic carbocycles. The zero-order valence-electron chi connectivity index (χ0n) is 12.3. The number of carbonyl (C=O) groups is 2. The van der Waals surface area contributed by atoms with Crippen molar-refractivity contribution in [3.8, 4) is 5.88 Å². The number of aromatic nitrogens is 2. The quantitative estimate of drug-likeness (QED) is 0.866. The van der Waals surface area contributed by atoms with Crippen LogP contribution in [0.2, 0.25) is 0 Å². The molecule has 1 atom stereocenters. The fourth-order valence-electron chi connectivity index (χ4n) is 2.42. The maximum absolute atomic E-state index is 12.1. The predicted molar refractivity (Wildman–Crippen MR) is 75.3 cm³/mol. The van der Waals surface area contributed by atoms with Crippen LogP contribution in [-0.2, 0) is 16.1 Å². The fourth-order valence-corrected chi connectivity index (χ4v) is 2.42. The lowest BCUT2D eigenvalue weighted by Crippen LogP contribution is -2.31. The van der Waals surface area contributed by atoms with Gasteiger partial charge in [-0.05, 0) is 19.8 Å². The van der Waals surface area contributed by atoms with Crippen LogP contribution in [0, 0.1) is 12.8 Å². The Hall–Kier alpha value is -2.18. The smallest absolute Gasteiger partial charge is 0.237 e. The molecule has 114 valence electrons. The Labute approximate surface area is 123 Å². The third-order valence-corrected chi connectivity index (χ3v) is 3.68. The van der Waals surface area contributed by atoms with Crippen LogP contribution in [0.3, 0.4) is 0 Å². The highest BCUT2D eigenvalue weighted by atomic mass is 16.5. The molecule has 2 heterocycles. The van der Waals surface area contributed by atoms with Gasteiger partial charge in [0.2, 0.25) is 17.7 Å². The van der Waals surface area contributed by atoms with Gasteiger partial charge in [0.05, 0.1) is 19.3 Å². The maximum atomic E-state index is 12.1. The van der Waals surface area contributed by atoms with Crippen LogP contribution in [0.4, 0.5) is 0 Å². The molecule has 1 saturated heterocycles. The molecule has 21 heavy (non-hydrogen) atoms. The van der Waals surface area contributed by atoms with Crippen molar-refractivity contribution in [3.05, 3.63) is 17.6 Å². The number of carbonyl (C=O) groups excluding carboxylic acids is 2. The Balaban J connectivity index is 2.11. The van der Waals surface area contributed by atoms with E-state index in [1.54, 1.807) is 11.1 Å². The summed E-state index contributed by atoms with van der Waals surface area (Å²) in [5.41, 5.74) is 6.71. The van der Waals surface area contributed by atoms with E-state index in [0.29, 0.717) is 43.9 Å². The van der Waals surface area contributed by atoms with Crippen LogP contribution in [0.1, 0.15) is 30.7 Å². The van der Waals surface area contributed by atoms with Crippen molar-refractivity contribution in [2.45, 2.75) is 32.7 Å². The number of nitrogens with zero attached hydrogens (tertiary/aromatic N) is 3. The van der Waals surface area contributed by atoms with E-state index < -0.39 is 0 Å². The first-order chi connectivity index (χ1) is 10.0. The van der Waals surface area contributed by atoms with Gasteiger partial charge in [-0.25, -0.2) is 4.98 Å². The highest BCUT2D eigenvalue weighted by molar-refractivity contribution is 5.80. The molecule has 0 aliphatic carbocycles. The summed E-state index contributed by atoms with van der Waals surface area (Å²) in [5, 5.41) is 0. The zero-order chi connectivity index (χ0) is 15.4. The van der Waals surface area contributed by atoms with Gasteiger partial charge in [0.25, 0.3) is 0 Å². The van der Waals surface area contributed by atoms with Gasteiger partial charge in [-0.1, -0.05) is 0 Å². The number of hydrogen-bond donors (Lipinski definition) is 1. The minimum atomic E-state index is -0.336. The molecular formula is C14H20N4O3. The second kappa shape index (κ2) is 6.51. The summed E-state index contributed by atoms with van der Waals surface area (Å²) in [6.07, 6.45) is 3.08. The Morgan fingerprint density at radius 3 is 2.95 bits per heavy atom. The average Bonchev–Trinajstić information content (AvgIpc) is 2.63. The highest BCUT2D eigenvalue weighted by Crippen LogP contribution is 2.21. The highest BCUT2D eigenvalue weighted by Gasteiger charge is 2.26. The Kier molecular flexibility index (Phi) is 4.72. The van der Waals surface area contributed by atoms with Crippen LogP contribution in [-0.4, -0.2) is 40.3 Å². The van der Waals surface area contributed by atoms with Gasteiger partial charge in [-0.2, -0.15) is 0 Å². The van der Waals surface area contributed by atoms with E-state index in [1.165, 1.54) is 7.11 Å². The number of nitrogens with two attached hydrogens (primary N) is 1. The standard InChI is InChI=1S/C14H20N4O3/c1-9-7-16-11(14(17-9)21-2)8-18-6-5-10(13(15)20)3-4-12(18)19/h7,10H,3-6,8H2,1-2H3,(H2,15,20). The largest absolute Gasteiger partial charge is 0.480 e. The van der Waals surface area contributed by atoms with Gasteiger partial charge < -0.3 is 15.4 Å². The Morgan fingerprint density at radius 2 is 2.29 bits per heavy atom. The molecule has 1 aromatic rings. The first-order valence-corrected chi connectivity index (χ1v) is 6.95. The first-order valence-electron chi connectivity index (χ1n) is 6.95. The normalized spacial score (nSPS) is 19.2. The SMILES string of the molecule is COc1nc(C)cnc1CN1CCC(C(N)=O)CCC1=O. The zero-order valence-corrected chi connectivity index (χ0v) is 12.3. The molecule has 7 heteroatoms. The van der Waals surface area contributed by atoms with Gasteiger partial charge in [-0.3, -0.25) is 14.6 Å². The predicted octanol–water partition coefficient (Wildman–Crippen LogP) is 0.408. The number of likely N-dealkylation sites (tertiary alicyclic amines) is 1. The van der Waals surface area contributed by atoms with Crippen LogP contribution in [0.5, 0.6) is 5.88 Å². The van der Waals surface area contributed by atoms with E-state index in [0.717, 1.165) is 5.69 Å². The first kappa shape index (κ1) is 15.2. The molecule has 2 rings (SSSR count). The average molecular weight is 292 g/mol. The topological polar surface area (TPSA) is 98.4 Å². The minimum absolute atomic E-state index is 0.00294. The molecule has 1 unspecified atom stereocenters. The summed E-state index contributed by atoms with van der Waals surface area (Å²) in [6, 6.07) is 0. The summed E-state index contributed by atoms with van der Waals surface area (Å²) < 4.78 is 5.21. The van der Waals surface area contributed by atoms with Crippen molar-refractivity contribution in [1.29, 1.82) is 0 Å². The van der Waals surface area contributed by atoms with Crippen molar-refractivity contribution >= 4 is 11.8 Å². The number of amides is 2. The molecule has 2 N–H and O–H groups in total. The van der Waals surface area contributed by atoms with Crippen molar-refractivity contribution in [3.63, 3.8) is 0 Å². The van der Waals surface area contributed by atoms with Crippen molar-refractivity contribution in [2.75, 3.05) is 13.7 Å². The lowest BCUT2D eigenvalue weighted by molar-refractivity contribution is -0.131. The van der Waals surface area contributed by atoms with Crippen molar-refractivity contribution in [2.24, 2.45) is 11.7 Å². The number of primary amides is 1. The second-order valence-electron chi connectivity index (χ2n) is 5.21. The monoisotopic (exact) mass is 292 g/mol. The molecule has 1 aromatic heterocycles. The molecule has 1 fully saturated rings. The molecule has 1 aliphatic heterocycles. The van der Waals surface area contributed by atoms with E-state index in [9.17, 15) is 9.59 Å². The van der Waals surface area contributed by atoms with E-state index in [-0.39, 0.29) is 17.7 Å². The number of methoxy groups -OCH3 is 1. The molecule has 1 aliphatic rings. The lowest BCUT2D eigenvalue weighted by atomic mass is 10.0. The molecular weight excluding hydrogens is 272 g/mol. The van der Waals surface area contributed by atoms with E-state index in [4.69, 9.17) is 10.5 Å². The van der Waals surface area contributed by atoms with E-state index in [1.807, 2.05) is 6.92 Å². The van der Waals surface area contributed by atoms with Crippen molar-refractivity contribution < 1.29 is 14.3 Å². The van der Waals surface area contributed by atoms with E-state index >= 15 is 0 Å². The van der Waals surface area contributed by atoms with Crippen molar-refractivity contribution in [1.82, 2.24) is 14.9 Å². The summed E-state index contributed by atoms with van der Waals surface area (Å²) in [7, 11) is 1.53. The summed E-state index contributed by atoms with van der Waals surface area (Å²) in [4.78, 5) is 33.6. The molecule has 7 nitrogen and oxygen atoms in total. The summed E-state index contributed by atoms with van der Waals surface area (Å²) in [5.74, 6) is -0.135. The maximum Gasteiger partial charge on any atom is 0.237 e. The van der Waals surface area contributed by atoms with Crippen LogP contribution >= 0.6 is 0 Å². The molecule has 0 spiro atoms. The Morgan fingerprint density at radius 1 is 1.52 bits per heavy atom. The molecule has 2 amide bonds. The number of hydrogen-bond acceptors (Lipinski definition) is 5. The number of aryl methyl sites for hydroxylation is 1. The fraction of sp³-hybridized carbons (Fsp3) is 0.571. The third kappa shape index (κ3) is 3.68. The van der Waals surface area contributed by atoms with Crippen LogP contribution in [0.15, 0.2) is 6.20 Å². The minimum Gasteiger partial charge on any atom is -0.480 e. The summed E-state index contributed by atoms with van der Waals surface area (Å²) >= 11 is 0. The molecule has 0 saturated carbocycles. The number of ether oxygens (including phenoxy) is 1. The third-order valence-electron chi connectivity index (χ3n) is 3.68. The van der Waals surface area contributed by atoms with Gasteiger partial charge in [-0.15, -0.1) is 0 Å². The van der Waals surface area contributed by atoms with Gasteiger partial charge in [0, 0.05) is 25.1 Å². The van der Waals surface area contributed by atoms with Crippen LogP contribution < -0.4 is 10.5 Å². The number of rotatable bonds is 4. The lowest BCUT2D eigenvalue weighted by Gasteiger charge is -2.21. The molecule has 0 bridgehead atoms. The van der Waals surface area contributed by atoms with Gasteiger partial charge >= 0.3 is 0 Å². The molecule has 0 radical (unpaired) electrons. The van der Waals surface area contributed by atoms with Crippen LogP contribution in [0.25, 0.3) is 0 Å². The van der Waals surface area contributed by atoms with Gasteiger partial charge in [0.1, 0.15) is 5.69 Å². The van der Waals surface area contributed by atoms with E-state index in [2.05, 4.69) is 9.97 Å².